The summed E-state index contributed by atoms with van der Waals surface area (Å²) in [7, 11) is -5.53. The Morgan fingerprint density at radius 1 is 1.28 bits per heavy atom. The van der Waals surface area contributed by atoms with E-state index in [-0.39, 0.29) is 27.5 Å². The Bertz CT molecular complexity index is 838. The van der Waals surface area contributed by atoms with Gasteiger partial charge in [-0.05, 0) is 50.0 Å². The van der Waals surface area contributed by atoms with E-state index in [0.29, 0.717) is 18.6 Å². The molecule has 0 atom stereocenters. The van der Waals surface area contributed by atoms with Gasteiger partial charge < -0.3 is 10.1 Å². The molecule has 2 N–H and O–H groups in total. The molecule has 0 aromatic heterocycles. The zero-order valence-electron chi connectivity index (χ0n) is 14.2. The van der Waals surface area contributed by atoms with E-state index in [9.17, 15) is 16.8 Å². The van der Waals surface area contributed by atoms with Crippen LogP contribution in [-0.2, 0) is 31.0 Å². The number of ether oxygens (including phenoxy) is 1. The van der Waals surface area contributed by atoms with Gasteiger partial charge in [-0.3, -0.25) is 0 Å². The van der Waals surface area contributed by atoms with Gasteiger partial charge in [0.1, 0.15) is 0 Å². The molecule has 25 heavy (non-hydrogen) atoms. The summed E-state index contributed by atoms with van der Waals surface area (Å²) in [6.07, 6.45) is 2.08. The first-order valence-electron chi connectivity index (χ1n) is 8.33. The Kier molecular flexibility index (Phi) is 5.23. The van der Waals surface area contributed by atoms with E-state index >= 15 is 0 Å². The van der Waals surface area contributed by atoms with Crippen molar-refractivity contribution >= 4 is 19.9 Å². The van der Waals surface area contributed by atoms with Crippen molar-refractivity contribution in [1.29, 1.82) is 0 Å². The molecule has 1 saturated heterocycles. The molecule has 0 amide bonds. The molecule has 0 radical (unpaired) electrons. The van der Waals surface area contributed by atoms with Crippen LogP contribution in [0.15, 0.2) is 28.0 Å². The number of aryl methyl sites for hydroxylation is 1. The lowest BCUT2D eigenvalue weighted by Crippen LogP contribution is -2.47. The van der Waals surface area contributed by atoms with Gasteiger partial charge in [-0.2, -0.15) is 0 Å². The lowest BCUT2D eigenvalue weighted by atomic mass is 9.80. The number of piperidine rings is 1. The molecule has 140 valence electrons. The predicted octanol–water partition coefficient (Wildman–Crippen LogP) is 0.311. The minimum Gasteiger partial charge on any atom is -0.384 e. The van der Waals surface area contributed by atoms with E-state index in [1.54, 1.807) is 13.2 Å². The van der Waals surface area contributed by atoms with E-state index in [0.717, 1.165) is 25.9 Å². The minimum atomic E-state index is -3.78. The van der Waals surface area contributed by atoms with Gasteiger partial charge in [-0.25, -0.2) is 21.6 Å². The first-order chi connectivity index (χ1) is 11.8. The molecule has 9 heteroatoms. The molecule has 1 aromatic rings. The van der Waals surface area contributed by atoms with Crippen LogP contribution in [0.4, 0.5) is 0 Å². The first kappa shape index (κ1) is 18.8. The second kappa shape index (κ2) is 6.96. The number of fused-ring (bicyclic) bond motifs is 1. The molecule has 1 fully saturated rings. The van der Waals surface area contributed by atoms with Crippen molar-refractivity contribution in [2.45, 2.75) is 29.1 Å². The second-order valence-corrected chi connectivity index (χ2v) is 10.7. The van der Waals surface area contributed by atoms with Crippen LogP contribution in [0.1, 0.15) is 18.4 Å². The Morgan fingerprint density at radius 2 is 2.00 bits per heavy atom. The number of methoxy groups -OCH3 is 1. The van der Waals surface area contributed by atoms with Crippen LogP contribution < -0.4 is 10.0 Å². The third-order valence-corrected chi connectivity index (χ3v) is 8.27. The van der Waals surface area contributed by atoms with Gasteiger partial charge in [-0.15, -0.1) is 0 Å². The molecule has 2 aliphatic rings. The maximum absolute atomic E-state index is 12.7. The Labute approximate surface area is 149 Å². The largest absolute Gasteiger partial charge is 0.384 e. The average molecular weight is 389 g/mol. The highest BCUT2D eigenvalue weighted by Crippen LogP contribution is 2.30. The summed E-state index contributed by atoms with van der Waals surface area (Å²) in [5.41, 5.74) is 0.448. The summed E-state index contributed by atoms with van der Waals surface area (Å²) >= 11 is 0. The Morgan fingerprint density at radius 3 is 2.68 bits per heavy atom. The summed E-state index contributed by atoms with van der Waals surface area (Å²) in [6, 6.07) is 4.36. The number of nitrogens with one attached hydrogen (secondary N) is 2. The van der Waals surface area contributed by atoms with E-state index in [4.69, 9.17) is 4.74 Å². The van der Waals surface area contributed by atoms with Crippen molar-refractivity contribution in [3.63, 3.8) is 0 Å². The minimum absolute atomic E-state index is 0.00164. The van der Waals surface area contributed by atoms with Gasteiger partial charge >= 0.3 is 0 Å². The number of rotatable bonds is 6. The molecular weight excluding hydrogens is 364 g/mol. The molecular formula is C16H24N2O5S2. The summed E-state index contributed by atoms with van der Waals surface area (Å²) in [5, 5.41) is 3.26. The normalized spacial score (nSPS) is 21.8. The Hall–Kier alpha value is -1.00. The van der Waals surface area contributed by atoms with Crippen LogP contribution in [0.3, 0.4) is 0 Å². The second-order valence-electron chi connectivity index (χ2n) is 6.85. The van der Waals surface area contributed by atoms with Crippen molar-refractivity contribution in [3.05, 3.63) is 23.8 Å². The first-order valence-corrected chi connectivity index (χ1v) is 11.5. The van der Waals surface area contributed by atoms with E-state index in [1.807, 2.05) is 0 Å². The molecule has 3 rings (SSSR count). The fourth-order valence-electron chi connectivity index (χ4n) is 3.52. The number of sulfone groups is 1. The third kappa shape index (κ3) is 3.90. The molecule has 0 spiro atoms. The number of sulfonamides is 1. The molecule has 2 heterocycles. The fraction of sp³-hybridized carbons (Fsp3) is 0.625. The standard InChI is InChI=1S/C16H24N2O5S2/c1-23-12-16(5-7-17-8-6-16)11-18-25(21,22)14-3-2-13-4-9-24(19,20)15(13)10-14/h2-3,10,17-18H,4-9,11-12H2,1H3. The van der Waals surface area contributed by atoms with Gasteiger partial charge in [-0.1, -0.05) is 6.07 Å². The maximum atomic E-state index is 12.7. The SMILES string of the molecule is COCC1(CNS(=O)(=O)c2ccc3c(c2)S(=O)(=O)CC3)CCNCC1. The van der Waals surface area contributed by atoms with E-state index < -0.39 is 19.9 Å². The lowest BCUT2D eigenvalue weighted by molar-refractivity contribution is 0.0577. The zero-order valence-corrected chi connectivity index (χ0v) is 15.9. The summed E-state index contributed by atoms with van der Waals surface area (Å²) in [4.78, 5) is 0.141. The molecule has 0 saturated carbocycles. The maximum Gasteiger partial charge on any atom is 0.240 e. The van der Waals surface area contributed by atoms with Gasteiger partial charge in [0.2, 0.25) is 10.0 Å². The molecule has 0 bridgehead atoms. The highest BCUT2D eigenvalue weighted by atomic mass is 32.2. The molecule has 0 aliphatic carbocycles. The van der Waals surface area contributed by atoms with E-state index in [2.05, 4.69) is 10.0 Å². The topological polar surface area (TPSA) is 102 Å². The quantitative estimate of drug-likeness (QED) is 0.727. The third-order valence-electron chi connectivity index (χ3n) is 5.08. The van der Waals surface area contributed by atoms with Crippen LogP contribution in [-0.4, -0.2) is 55.9 Å². The van der Waals surface area contributed by atoms with Crippen molar-refractivity contribution < 1.29 is 21.6 Å². The fourth-order valence-corrected chi connectivity index (χ4v) is 6.36. The highest BCUT2D eigenvalue weighted by Gasteiger charge is 2.34. The predicted molar refractivity (Wildman–Crippen MR) is 93.8 cm³/mol. The monoisotopic (exact) mass is 388 g/mol. The number of benzene rings is 1. The van der Waals surface area contributed by atoms with Crippen LogP contribution in [0.2, 0.25) is 0 Å². The molecule has 1 aromatic carbocycles. The summed E-state index contributed by atoms with van der Waals surface area (Å²) in [6.45, 7) is 2.40. The van der Waals surface area contributed by atoms with Gasteiger partial charge in [0.25, 0.3) is 0 Å². The van der Waals surface area contributed by atoms with E-state index in [1.165, 1.54) is 12.1 Å². The van der Waals surface area contributed by atoms with Crippen LogP contribution in [0.5, 0.6) is 0 Å². The number of hydrogen-bond acceptors (Lipinski definition) is 6. The van der Waals surface area contributed by atoms with Crippen molar-refractivity contribution in [1.82, 2.24) is 10.0 Å². The molecule has 2 aliphatic heterocycles. The zero-order chi connectivity index (χ0) is 18.1. The average Bonchev–Trinajstić information content (AvgIpc) is 2.89. The van der Waals surface area contributed by atoms with Crippen LogP contribution >= 0.6 is 0 Å². The van der Waals surface area contributed by atoms with Gasteiger partial charge in [0.05, 0.1) is 22.2 Å². The van der Waals surface area contributed by atoms with Crippen molar-refractivity contribution in [2.24, 2.45) is 5.41 Å². The Balaban J connectivity index is 1.80. The number of hydrogen-bond donors (Lipinski definition) is 2. The molecule has 7 nitrogen and oxygen atoms in total. The van der Waals surface area contributed by atoms with Gasteiger partial charge in [0, 0.05) is 19.1 Å². The highest BCUT2D eigenvalue weighted by molar-refractivity contribution is 7.92. The van der Waals surface area contributed by atoms with Crippen molar-refractivity contribution in [2.75, 3.05) is 39.1 Å². The summed E-state index contributed by atoms with van der Waals surface area (Å²) in [5.74, 6) is 0.0449. The van der Waals surface area contributed by atoms with Crippen LogP contribution in [0.25, 0.3) is 0 Å². The van der Waals surface area contributed by atoms with Crippen LogP contribution in [0, 0.1) is 5.41 Å². The smallest absolute Gasteiger partial charge is 0.240 e. The lowest BCUT2D eigenvalue weighted by Gasteiger charge is -2.37. The van der Waals surface area contributed by atoms with Crippen molar-refractivity contribution in [3.8, 4) is 0 Å². The molecule has 0 unspecified atom stereocenters. The summed E-state index contributed by atoms with van der Waals surface area (Å²) < 4.78 is 57.4. The van der Waals surface area contributed by atoms with Gasteiger partial charge in [0.15, 0.2) is 9.84 Å².